The normalized spacial score (nSPS) is 15.7. The van der Waals surface area contributed by atoms with E-state index >= 15 is 0 Å². The molecule has 3 rings (SSSR count). The number of rotatable bonds is 4. The Morgan fingerprint density at radius 3 is 2.37 bits per heavy atom. The Morgan fingerprint density at radius 2 is 1.85 bits per heavy atom. The number of nitro benzene ring substituents is 1. The van der Waals surface area contributed by atoms with E-state index in [2.05, 4.69) is 10.2 Å². The molecule has 0 radical (unpaired) electrons. The van der Waals surface area contributed by atoms with Gasteiger partial charge in [-0.25, -0.2) is 0 Å². The fraction of sp³-hybridized carbons (Fsp3) is 0.438. The number of nitro groups is 1. The highest BCUT2D eigenvalue weighted by Gasteiger charge is 2.39. The molecule has 0 N–H and O–H groups in total. The molecule has 1 amide bonds. The summed E-state index contributed by atoms with van der Waals surface area (Å²) in [7, 11) is 0. The second-order valence-corrected chi connectivity index (χ2v) is 6.20. The van der Waals surface area contributed by atoms with E-state index in [0.717, 1.165) is 0 Å². The first kappa shape index (κ1) is 18.8. The van der Waals surface area contributed by atoms with Crippen LogP contribution >= 0.6 is 0 Å². The lowest BCUT2D eigenvalue weighted by Crippen LogP contribution is -2.38. The van der Waals surface area contributed by atoms with Gasteiger partial charge >= 0.3 is 12.1 Å². The van der Waals surface area contributed by atoms with Crippen molar-refractivity contribution in [1.29, 1.82) is 0 Å². The predicted molar refractivity (Wildman–Crippen MR) is 84.7 cm³/mol. The zero-order valence-corrected chi connectivity index (χ0v) is 14.0. The topological polar surface area (TPSA) is 102 Å². The van der Waals surface area contributed by atoms with Gasteiger partial charge in [-0.15, -0.1) is 10.2 Å². The largest absolute Gasteiger partial charge is 0.470 e. The van der Waals surface area contributed by atoms with Gasteiger partial charge in [0.05, 0.1) is 11.3 Å². The van der Waals surface area contributed by atoms with Crippen LogP contribution in [-0.4, -0.2) is 39.0 Å². The molecule has 0 bridgehead atoms. The van der Waals surface area contributed by atoms with Gasteiger partial charge in [0.2, 0.25) is 11.8 Å². The molecule has 2 aromatic rings. The molecule has 0 spiro atoms. The van der Waals surface area contributed by atoms with Crippen LogP contribution in [0.15, 0.2) is 28.7 Å². The molecule has 1 saturated heterocycles. The Bertz CT molecular complexity index is 827. The lowest BCUT2D eigenvalue weighted by atomic mass is 9.96. The molecule has 27 heavy (non-hydrogen) atoms. The number of benzene rings is 1. The molecule has 1 aliphatic rings. The van der Waals surface area contributed by atoms with Crippen molar-refractivity contribution in [3.8, 4) is 0 Å². The molecule has 2 heterocycles. The average molecular weight is 384 g/mol. The van der Waals surface area contributed by atoms with Gasteiger partial charge in [0.15, 0.2) is 0 Å². The number of aromatic nitrogens is 2. The van der Waals surface area contributed by atoms with Gasteiger partial charge in [0.1, 0.15) is 0 Å². The van der Waals surface area contributed by atoms with Crippen molar-refractivity contribution in [2.24, 2.45) is 0 Å². The quantitative estimate of drug-likeness (QED) is 0.593. The zero-order valence-electron chi connectivity index (χ0n) is 14.0. The van der Waals surface area contributed by atoms with E-state index in [9.17, 15) is 28.1 Å². The molecule has 1 aromatic carbocycles. The molecular weight excluding hydrogens is 369 g/mol. The molecule has 0 unspecified atom stereocenters. The predicted octanol–water partition coefficient (Wildman–Crippen LogP) is 2.95. The number of amides is 1. The number of carbonyl (C=O) groups is 1. The summed E-state index contributed by atoms with van der Waals surface area (Å²) in [5.41, 5.74) is 0.601. The molecule has 144 valence electrons. The van der Waals surface area contributed by atoms with Gasteiger partial charge < -0.3 is 9.32 Å². The minimum atomic E-state index is -4.67. The van der Waals surface area contributed by atoms with Crippen LogP contribution in [0.5, 0.6) is 0 Å². The Labute approximate surface area is 151 Å². The van der Waals surface area contributed by atoms with E-state index < -0.39 is 17.0 Å². The smallest absolute Gasteiger partial charge is 0.417 e. The summed E-state index contributed by atoms with van der Waals surface area (Å²) >= 11 is 0. The number of carbonyl (C=O) groups excluding carboxylic acids is 1. The van der Waals surface area contributed by atoms with Gasteiger partial charge in [0, 0.05) is 31.1 Å². The third-order valence-corrected chi connectivity index (χ3v) is 4.38. The molecule has 8 nitrogen and oxygen atoms in total. The van der Waals surface area contributed by atoms with Crippen LogP contribution in [0.25, 0.3) is 0 Å². The summed E-state index contributed by atoms with van der Waals surface area (Å²) in [6.07, 6.45) is -3.73. The fourth-order valence-electron chi connectivity index (χ4n) is 2.91. The van der Waals surface area contributed by atoms with Gasteiger partial charge in [-0.05, 0) is 18.4 Å². The number of hydrogen-bond donors (Lipinski definition) is 0. The summed E-state index contributed by atoms with van der Waals surface area (Å²) in [6.45, 7) is 0.723. The van der Waals surface area contributed by atoms with E-state index in [0.29, 0.717) is 31.5 Å². The number of nitrogens with zero attached hydrogens (tertiary/aromatic N) is 4. The van der Waals surface area contributed by atoms with E-state index in [-0.39, 0.29) is 29.8 Å². The molecule has 1 aliphatic heterocycles. The standard InChI is InChI=1S/C16H15F3N4O4/c17-16(18,19)15-21-20-14(27-15)11-5-7-22(8-6-11)13(24)9-10-1-3-12(4-2-10)23(25)26/h1-4,11H,5-9H2. The van der Waals surface area contributed by atoms with Crippen LogP contribution < -0.4 is 0 Å². The lowest BCUT2D eigenvalue weighted by Gasteiger charge is -2.30. The van der Waals surface area contributed by atoms with Crippen LogP contribution in [0.1, 0.15) is 36.1 Å². The molecule has 0 aliphatic carbocycles. The maximum atomic E-state index is 12.5. The monoisotopic (exact) mass is 384 g/mol. The third-order valence-electron chi connectivity index (χ3n) is 4.38. The van der Waals surface area contributed by atoms with Gasteiger partial charge in [-0.3, -0.25) is 14.9 Å². The first-order valence-electron chi connectivity index (χ1n) is 8.15. The van der Waals surface area contributed by atoms with Crippen molar-refractivity contribution >= 4 is 11.6 Å². The minimum Gasteiger partial charge on any atom is -0.417 e. The van der Waals surface area contributed by atoms with Gasteiger partial charge in [-0.1, -0.05) is 12.1 Å². The first-order chi connectivity index (χ1) is 12.7. The van der Waals surface area contributed by atoms with Crippen molar-refractivity contribution in [1.82, 2.24) is 15.1 Å². The Hall–Kier alpha value is -2.98. The highest BCUT2D eigenvalue weighted by Crippen LogP contribution is 2.32. The summed E-state index contributed by atoms with van der Waals surface area (Å²) in [5.74, 6) is -1.90. The zero-order chi connectivity index (χ0) is 19.6. The van der Waals surface area contributed by atoms with Gasteiger partial charge in [-0.2, -0.15) is 13.2 Å². The molecule has 1 aromatic heterocycles. The van der Waals surface area contributed by atoms with Crippen LogP contribution in [0.4, 0.5) is 18.9 Å². The number of halogens is 3. The van der Waals surface area contributed by atoms with Crippen LogP contribution in [0.3, 0.4) is 0 Å². The van der Waals surface area contributed by atoms with Crippen molar-refractivity contribution < 1.29 is 27.3 Å². The number of non-ortho nitro benzene ring substituents is 1. The van der Waals surface area contributed by atoms with Gasteiger partial charge in [0.25, 0.3) is 5.69 Å². The number of alkyl halides is 3. The molecule has 0 saturated carbocycles. The summed E-state index contributed by atoms with van der Waals surface area (Å²) in [4.78, 5) is 24.1. The van der Waals surface area contributed by atoms with Crippen molar-refractivity contribution in [3.05, 3.63) is 51.7 Å². The summed E-state index contributed by atoms with van der Waals surface area (Å²) < 4.78 is 42.3. The summed E-state index contributed by atoms with van der Waals surface area (Å²) in [6, 6.07) is 5.73. The third kappa shape index (κ3) is 4.41. The van der Waals surface area contributed by atoms with E-state index in [1.165, 1.54) is 24.3 Å². The maximum absolute atomic E-state index is 12.5. The van der Waals surface area contributed by atoms with Crippen LogP contribution in [-0.2, 0) is 17.4 Å². The second-order valence-electron chi connectivity index (χ2n) is 6.20. The van der Waals surface area contributed by atoms with Crippen molar-refractivity contribution in [2.75, 3.05) is 13.1 Å². The van der Waals surface area contributed by atoms with Crippen molar-refractivity contribution in [2.45, 2.75) is 31.4 Å². The molecule has 0 atom stereocenters. The van der Waals surface area contributed by atoms with Crippen LogP contribution in [0, 0.1) is 10.1 Å². The number of likely N-dealkylation sites (tertiary alicyclic amines) is 1. The van der Waals surface area contributed by atoms with Crippen LogP contribution in [0.2, 0.25) is 0 Å². The van der Waals surface area contributed by atoms with E-state index in [4.69, 9.17) is 4.42 Å². The Kier molecular flexibility index (Phi) is 5.10. The lowest BCUT2D eigenvalue weighted by molar-refractivity contribution is -0.384. The van der Waals surface area contributed by atoms with Crippen molar-refractivity contribution in [3.63, 3.8) is 0 Å². The minimum absolute atomic E-state index is 0.0511. The second kappa shape index (κ2) is 7.33. The average Bonchev–Trinajstić information content (AvgIpc) is 3.13. The SMILES string of the molecule is O=C(Cc1ccc([N+](=O)[O-])cc1)N1CCC(c2nnc(C(F)(F)F)o2)CC1. The number of hydrogen-bond acceptors (Lipinski definition) is 6. The summed E-state index contributed by atoms with van der Waals surface area (Å²) in [5, 5.41) is 17.1. The highest BCUT2D eigenvalue weighted by atomic mass is 19.4. The first-order valence-corrected chi connectivity index (χ1v) is 8.15. The maximum Gasteiger partial charge on any atom is 0.470 e. The molecule has 11 heteroatoms. The Morgan fingerprint density at radius 1 is 1.22 bits per heavy atom. The van der Waals surface area contributed by atoms with E-state index in [1.54, 1.807) is 4.90 Å². The molecular formula is C16H15F3N4O4. The Balaban J connectivity index is 1.54. The fourth-order valence-corrected chi connectivity index (χ4v) is 2.91. The highest BCUT2D eigenvalue weighted by molar-refractivity contribution is 5.79. The number of piperidine rings is 1. The molecule has 1 fully saturated rings. The van der Waals surface area contributed by atoms with E-state index in [1.807, 2.05) is 0 Å².